The van der Waals surface area contributed by atoms with Gasteiger partial charge in [-0.15, -0.1) is 11.8 Å². The number of piperazine rings is 1. The van der Waals surface area contributed by atoms with Crippen LogP contribution in [0.2, 0.25) is 0 Å². The molecule has 104 valence electrons. The Morgan fingerprint density at radius 1 is 1.42 bits per heavy atom. The molecule has 5 nitrogen and oxygen atoms in total. The van der Waals surface area contributed by atoms with Crippen molar-refractivity contribution in [1.82, 2.24) is 14.8 Å². The molecule has 1 saturated heterocycles. The lowest BCUT2D eigenvalue weighted by Crippen LogP contribution is -2.45. The fourth-order valence-electron chi connectivity index (χ4n) is 1.98. The van der Waals surface area contributed by atoms with Crippen molar-refractivity contribution in [2.75, 3.05) is 45.5 Å². The van der Waals surface area contributed by atoms with E-state index in [-0.39, 0.29) is 5.69 Å². The summed E-state index contributed by atoms with van der Waals surface area (Å²) in [6.45, 7) is 5.54. The third-order valence-electron chi connectivity index (χ3n) is 3.22. The second-order valence-electron chi connectivity index (χ2n) is 4.68. The minimum atomic E-state index is -0.971. The van der Waals surface area contributed by atoms with Crippen LogP contribution in [0, 0.1) is 0 Å². The van der Waals surface area contributed by atoms with E-state index >= 15 is 0 Å². The van der Waals surface area contributed by atoms with Gasteiger partial charge in [-0.05, 0) is 19.2 Å². The van der Waals surface area contributed by atoms with E-state index in [1.807, 2.05) is 6.07 Å². The third kappa shape index (κ3) is 4.49. The van der Waals surface area contributed by atoms with Gasteiger partial charge in [0, 0.05) is 49.6 Å². The average molecular weight is 281 g/mol. The first-order valence-corrected chi connectivity index (χ1v) is 7.37. The molecule has 0 aliphatic carbocycles. The van der Waals surface area contributed by atoms with Crippen molar-refractivity contribution in [2.45, 2.75) is 4.90 Å². The highest BCUT2D eigenvalue weighted by Crippen LogP contribution is 2.18. The van der Waals surface area contributed by atoms with Gasteiger partial charge in [-0.2, -0.15) is 0 Å². The SMILES string of the molecule is CN1CCN(CCSc2ccnc(C(=O)O)c2)CC1. The van der Waals surface area contributed by atoms with Crippen LogP contribution in [0.1, 0.15) is 10.5 Å². The second kappa shape index (κ2) is 6.88. The average Bonchev–Trinajstić information content (AvgIpc) is 2.41. The maximum absolute atomic E-state index is 10.8. The van der Waals surface area contributed by atoms with Gasteiger partial charge in [-0.25, -0.2) is 9.78 Å². The molecule has 0 unspecified atom stereocenters. The Bertz CT molecular complexity index is 434. The van der Waals surface area contributed by atoms with E-state index in [2.05, 4.69) is 21.8 Å². The maximum atomic E-state index is 10.8. The first-order chi connectivity index (χ1) is 9.15. The Morgan fingerprint density at radius 2 is 2.16 bits per heavy atom. The van der Waals surface area contributed by atoms with Crippen LogP contribution in [0.3, 0.4) is 0 Å². The first kappa shape index (κ1) is 14.3. The van der Waals surface area contributed by atoms with Gasteiger partial charge in [0.15, 0.2) is 0 Å². The van der Waals surface area contributed by atoms with Gasteiger partial charge in [0.1, 0.15) is 5.69 Å². The molecule has 6 heteroatoms. The highest BCUT2D eigenvalue weighted by Gasteiger charge is 2.13. The quantitative estimate of drug-likeness (QED) is 0.816. The Labute approximate surface area is 117 Å². The normalized spacial score (nSPS) is 17.5. The lowest BCUT2D eigenvalue weighted by Gasteiger charge is -2.32. The van der Waals surface area contributed by atoms with E-state index < -0.39 is 5.97 Å². The Morgan fingerprint density at radius 3 is 2.84 bits per heavy atom. The molecule has 2 rings (SSSR count). The molecule has 2 heterocycles. The molecule has 1 N–H and O–H groups in total. The van der Waals surface area contributed by atoms with Crippen molar-refractivity contribution in [3.8, 4) is 0 Å². The minimum Gasteiger partial charge on any atom is -0.477 e. The number of aromatic carboxylic acids is 1. The molecule has 0 aromatic carbocycles. The van der Waals surface area contributed by atoms with Gasteiger partial charge in [0.05, 0.1) is 0 Å². The summed E-state index contributed by atoms with van der Waals surface area (Å²) in [6, 6.07) is 3.50. The highest BCUT2D eigenvalue weighted by molar-refractivity contribution is 7.99. The van der Waals surface area contributed by atoms with Gasteiger partial charge < -0.3 is 10.0 Å². The number of hydrogen-bond donors (Lipinski definition) is 1. The molecule has 1 aliphatic rings. The molecule has 0 bridgehead atoms. The van der Waals surface area contributed by atoms with Crippen molar-refractivity contribution in [3.05, 3.63) is 24.0 Å². The highest BCUT2D eigenvalue weighted by atomic mass is 32.2. The number of thioether (sulfide) groups is 1. The van der Waals surface area contributed by atoms with Gasteiger partial charge in [0.25, 0.3) is 0 Å². The minimum absolute atomic E-state index is 0.115. The smallest absolute Gasteiger partial charge is 0.354 e. The van der Waals surface area contributed by atoms with Crippen LogP contribution in [0.15, 0.2) is 23.2 Å². The molecule has 19 heavy (non-hydrogen) atoms. The van der Waals surface area contributed by atoms with E-state index in [1.165, 1.54) is 0 Å². The van der Waals surface area contributed by atoms with E-state index in [1.54, 1.807) is 24.0 Å². The summed E-state index contributed by atoms with van der Waals surface area (Å²) in [4.78, 5) is 20.4. The lowest BCUT2D eigenvalue weighted by molar-refractivity contribution is 0.0690. The van der Waals surface area contributed by atoms with Gasteiger partial charge in [0.2, 0.25) is 0 Å². The van der Waals surface area contributed by atoms with Crippen molar-refractivity contribution in [1.29, 1.82) is 0 Å². The van der Waals surface area contributed by atoms with E-state index in [4.69, 9.17) is 5.11 Å². The van der Waals surface area contributed by atoms with Gasteiger partial charge >= 0.3 is 5.97 Å². The summed E-state index contributed by atoms with van der Waals surface area (Å²) in [5.41, 5.74) is 0.115. The zero-order chi connectivity index (χ0) is 13.7. The van der Waals surface area contributed by atoms with Crippen LogP contribution < -0.4 is 0 Å². The van der Waals surface area contributed by atoms with Crippen molar-refractivity contribution < 1.29 is 9.90 Å². The molecule has 1 aromatic rings. The van der Waals surface area contributed by atoms with E-state index in [0.717, 1.165) is 43.4 Å². The van der Waals surface area contributed by atoms with Gasteiger partial charge in [-0.3, -0.25) is 4.90 Å². The Hall–Kier alpha value is -1.11. The van der Waals surface area contributed by atoms with Crippen molar-refractivity contribution in [2.24, 2.45) is 0 Å². The molecule has 1 aromatic heterocycles. The molecular formula is C13H19N3O2S. The fraction of sp³-hybridized carbons (Fsp3) is 0.538. The zero-order valence-electron chi connectivity index (χ0n) is 11.1. The van der Waals surface area contributed by atoms with Crippen molar-refractivity contribution >= 4 is 17.7 Å². The summed E-state index contributed by atoms with van der Waals surface area (Å²) < 4.78 is 0. The summed E-state index contributed by atoms with van der Waals surface area (Å²) in [6.07, 6.45) is 1.56. The number of rotatable bonds is 5. The van der Waals surface area contributed by atoms with Crippen LogP contribution >= 0.6 is 11.8 Å². The topological polar surface area (TPSA) is 56.7 Å². The van der Waals surface area contributed by atoms with Crippen LogP contribution in [-0.4, -0.2) is 71.4 Å². The predicted octanol–water partition coefficient (Wildman–Crippen LogP) is 1.12. The van der Waals surface area contributed by atoms with Crippen LogP contribution in [0.25, 0.3) is 0 Å². The molecular weight excluding hydrogens is 262 g/mol. The van der Waals surface area contributed by atoms with Crippen LogP contribution in [-0.2, 0) is 0 Å². The van der Waals surface area contributed by atoms with Crippen LogP contribution in [0.4, 0.5) is 0 Å². The van der Waals surface area contributed by atoms with Gasteiger partial charge in [-0.1, -0.05) is 0 Å². The summed E-state index contributed by atoms with van der Waals surface area (Å²) in [5, 5.41) is 8.88. The fourth-order valence-corrected chi connectivity index (χ4v) is 2.92. The largest absolute Gasteiger partial charge is 0.477 e. The summed E-state index contributed by atoms with van der Waals surface area (Å²) >= 11 is 1.69. The zero-order valence-corrected chi connectivity index (χ0v) is 11.9. The van der Waals surface area contributed by atoms with E-state index in [0.29, 0.717) is 0 Å². The number of carbonyl (C=O) groups is 1. The number of nitrogens with zero attached hydrogens (tertiary/aromatic N) is 3. The molecule has 0 atom stereocenters. The number of carboxylic acids is 1. The number of likely N-dealkylation sites (N-methyl/N-ethyl adjacent to an activating group) is 1. The molecule has 1 fully saturated rings. The predicted molar refractivity (Wildman–Crippen MR) is 75.9 cm³/mol. The third-order valence-corrected chi connectivity index (χ3v) is 4.20. The molecule has 0 amide bonds. The Kier molecular flexibility index (Phi) is 5.18. The molecule has 0 saturated carbocycles. The van der Waals surface area contributed by atoms with Crippen molar-refractivity contribution in [3.63, 3.8) is 0 Å². The molecule has 0 radical (unpaired) electrons. The number of carboxylic acid groups (broad SMARTS) is 1. The number of aromatic nitrogens is 1. The van der Waals surface area contributed by atoms with E-state index in [9.17, 15) is 4.79 Å². The Balaban J connectivity index is 1.76. The van der Waals surface area contributed by atoms with Crippen LogP contribution in [0.5, 0.6) is 0 Å². The monoisotopic (exact) mass is 281 g/mol. The molecule has 1 aliphatic heterocycles. The number of hydrogen-bond acceptors (Lipinski definition) is 5. The molecule has 0 spiro atoms. The first-order valence-electron chi connectivity index (χ1n) is 6.38. The lowest BCUT2D eigenvalue weighted by atomic mass is 10.3. The number of pyridine rings is 1. The maximum Gasteiger partial charge on any atom is 0.354 e. The summed E-state index contributed by atoms with van der Waals surface area (Å²) in [7, 11) is 2.15. The summed E-state index contributed by atoms with van der Waals surface area (Å²) in [5.74, 6) is 0.00814. The second-order valence-corrected chi connectivity index (χ2v) is 5.84. The standard InChI is InChI=1S/C13H19N3O2S/c1-15-4-6-16(7-5-15)8-9-19-11-2-3-14-12(10-11)13(17)18/h2-3,10H,4-9H2,1H3,(H,17,18).